The Labute approximate surface area is 147 Å². The van der Waals surface area contributed by atoms with E-state index in [4.69, 9.17) is 10.00 Å². The third kappa shape index (κ3) is 5.14. The number of ether oxygens (including phenoxy) is 1. The van der Waals surface area contributed by atoms with Crippen LogP contribution < -0.4 is 4.72 Å². The van der Waals surface area contributed by atoms with E-state index in [1.165, 1.54) is 24.3 Å². The number of nitrogens with zero attached hydrogens (tertiary/aromatic N) is 1. The zero-order chi connectivity index (χ0) is 18.4. The van der Waals surface area contributed by atoms with Gasteiger partial charge in [-0.25, -0.2) is 17.9 Å². The smallest absolute Gasteiger partial charge is 0.338 e. The molecule has 25 heavy (non-hydrogen) atoms. The Balaban J connectivity index is 2.12. The maximum atomic E-state index is 12.2. The first-order chi connectivity index (χ1) is 11.8. The van der Waals surface area contributed by atoms with Gasteiger partial charge in [0.1, 0.15) is 6.61 Å². The van der Waals surface area contributed by atoms with E-state index in [0.29, 0.717) is 11.1 Å². The topological polar surface area (TPSA) is 96.3 Å². The van der Waals surface area contributed by atoms with Gasteiger partial charge in [0.15, 0.2) is 0 Å². The van der Waals surface area contributed by atoms with Crippen LogP contribution >= 0.6 is 0 Å². The van der Waals surface area contributed by atoms with Crippen molar-refractivity contribution in [2.24, 2.45) is 0 Å². The van der Waals surface area contributed by atoms with Crippen LogP contribution in [0.4, 0.5) is 0 Å². The fourth-order valence-corrected chi connectivity index (χ4v) is 3.43. The average molecular weight is 358 g/mol. The predicted octanol–water partition coefficient (Wildman–Crippen LogP) is 2.60. The molecule has 0 saturated carbocycles. The summed E-state index contributed by atoms with van der Waals surface area (Å²) in [5, 5.41) is 8.87. The Morgan fingerprint density at radius 3 is 2.60 bits per heavy atom. The highest BCUT2D eigenvalue weighted by molar-refractivity contribution is 7.89. The molecule has 1 N–H and O–H groups in total. The maximum Gasteiger partial charge on any atom is 0.338 e. The lowest BCUT2D eigenvalue weighted by atomic mass is 10.1. The summed E-state index contributed by atoms with van der Waals surface area (Å²) in [5.74, 6) is -0.635. The molecule has 2 aromatic rings. The molecule has 0 aromatic heterocycles. The lowest BCUT2D eigenvalue weighted by Crippen LogP contribution is -2.30. The molecule has 0 radical (unpaired) electrons. The molecule has 2 aromatic carbocycles. The number of hydrogen-bond donors (Lipinski definition) is 1. The Bertz CT molecular complexity index is 915. The molecule has 0 heterocycles. The van der Waals surface area contributed by atoms with Crippen LogP contribution in [0.3, 0.4) is 0 Å². The van der Waals surface area contributed by atoms with Crippen LogP contribution in [0.1, 0.15) is 35.3 Å². The molecule has 0 fully saturated rings. The number of benzene rings is 2. The minimum Gasteiger partial charge on any atom is -0.457 e. The summed E-state index contributed by atoms with van der Waals surface area (Å²) >= 11 is 0. The van der Waals surface area contributed by atoms with E-state index in [9.17, 15) is 13.2 Å². The second kappa shape index (κ2) is 7.92. The molecule has 0 unspecified atom stereocenters. The van der Waals surface area contributed by atoms with Crippen LogP contribution in [0.2, 0.25) is 0 Å². The van der Waals surface area contributed by atoms with E-state index in [2.05, 4.69) is 4.72 Å². The molecule has 0 spiro atoms. The Morgan fingerprint density at radius 2 is 1.92 bits per heavy atom. The van der Waals surface area contributed by atoms with Crippen LogP contribution in [-0.4, -0.2) is 20.4 Å². The van der Waals surface area contributed by atoms with Crippen LogP contribution in [0.15, 0.2) is 53.4 Å². The van der Waals surface area contributed by atoms with E-state index in [1.807, 2.05) is 6.07 Å². The molecule has 130 valence electrons. The Kier molecular flexibility index (Phi) is 5.91. The summed E-state index contributed by atoms with van der Waals surface area (Å²) in [6.07, 6.45) is 0. The number of carbonyl (C=O) groups excluding carboxylic acids is 1. The monoisotopic (exact) mass is 358 g/mol. The number of rotatable bonds is 6. The summed E-state index contributed by atoms with van der Waals surface area (Å²) in [5.41, 5.74) is 1.29. The van der Waals surface area contributed by atoms with Crippen molar-refractivity contribution in [1.29, 1.82) is 5.26 Å². The van der Waals surface area contributed by atoms with Crippen molar-refractivity contribution >= 4 is 16.0 Å². The highest BCUT2D eigenvalue weighted by Crippen LogP contribution is 2.14. The molecule has 0 aliphatic carbocycles. The first kappa shape index (κ1) is 18.6. The molecule has 0 aliphatic rings. The standard InChI is InChI=1S/C18H18N2O4S/c1-13(2)20-25(22,23)17-8-4-7-16(10-17)18(21)24-12-15-6-3-5-14(9-15)11-19/h3-10,13,20H,12H2,1-2H3. The van der Waals surface area contributed by atoms with E-state index in [-0.39, 0.29) is 23.1 Å². The number of hydrogen-bond acceptors (Lipinski definition) is 5. The lowest BCUT2D eigenvalue weighted by Gasteiger charge is -2.10. The maximum absolute atomic E-state index is 12.2. The Hall–Kier alpha value is -2.69. The number of carbonyl (C=O) groups is 1. The van der Waals surface area contributed by atoms with E-state index in [1.54, 1.807) is 38.1 Å². The summed E-state index contributed by atoms with van der Waals surface area (Å²) < 4.78 is 32.0. The van der Waals surface area contributed by atoms with Crippen molar-refractivity contribution in [3.05, 3.63) is 65.2 Å². The highest BCUT2D eigenvalue weighted by Gasteiger charge is 2.17. The molecule has 0 aliphatic heterocycles. The van der Waals surface area contributed by atoms with Gasteiger partial charge in [-0.15, -0.1) is 0 Å². The predicted molar refractivity (Wildman–Crippen MR) is 92.2 cm³/mol. The Morgan fingerprint density at radius 1 is 1.20 bits per heavy atom. The molecule has 6 nitrogen and oxygen atoms in total. The van der Waals surface area contributed by atoms with Crippen molar-refractivity contribution in [3.63, 3.8) is 0 Å². The summed E-state index contributed by atoms with van der Waals surface area (Å²) in [6.45, 7) is 3.42. The molecule has 0 atom stereocenters. The van der Waals surface area contributed by atoms with Gasteiger partial charge in [0.25, 0.3) is 0 Å². The van der Waals surface area contributed by atoms with Gasteiger partial charge in [0.2, 0.25) is 10.0 Å². The van der Waals surface area contributed by atoms with Gasteiger partial charge in [0, 0.05) is 6.04 Å². The van der Waals surface area contributed by atoms with Gasteiger partial charge < -0.3 is 4.74 Å². The summed E-state index contributed by atoms with van der Waals surface area (Å²) in [7, 11) is -3.69. The first-order valence-corrected chi connectivity index (χ1v) is 9.08. The van der Waals surface area contributed by atoms with Crippen molar-refractivity contribution < 1.29 is 17.9 Å². The summed E-state index contributed by atoms with van der Waals surface area (Å²) in [4.78, 5) is 12.2. The fraction of sp³-hybridized carbons (Fsp3) is 0.222. The van der Waals surface area contributed by atoms with Crippen molar-refractivity contribution in [3.8, 4) is 6.07 Å². The van der Waals surface area contributed by atoms with Crippen molar-refractivity contribution in [2.75, 3.05) is 0 Å². The van der Waals surface area contributed by atoms with Gasteiger partial charge >= 0.3 is 5.97 Å². The van der Waals surface area contributed by atoms with Gasteiger partial charge in [-0.3, -0.25) is 0 Å². The molecule has 0 bridgehead atoms. The van der Waals surface area contributed by atoms with Gasteiger partial charge in [-0.1, -0.05) is 18.2 Å². The minimum atomic E-state index is -3.69. The molecular formula is C18H18N2O4S. The molecular weight excluding hydrogens is 340 g/mol. The van der Waals surface area contributed by atoms with E-state index < -0.39 is 16.0 Å². The average Bonchev–Trinajstić information content (AvgIpc) is 2.59. The second-order valence-corrected chi connectivity index (χ2v) is 7.41. The fourth-order valence-electron chi connectivity index (χ4n) is 2.13. The number of sulfonamides is 1. The van der Waals surface area contributed by atoms with Crippen LogP contribution in [-0.2, 0) is 21.4 Å². The minimum absolute atomic E-state index is 0.00197. The molecule has 2 rings (SSSR count). The van der Waals surface area contributed by atoms with Crippen LogP contribution in [0.25, 0.3) is 0 Å². The number of nitrogens with one attached hydrogen (secondary N) is 1. The second-order valence-electron chi connectivity index (χ2n) is 5.69. The van der Waals surface area contributed by atoms with E-state index in [0.717, 1.165) is 0 Å². The first-order valence-electron chi connectivity index (χ1n) is 7.60. The zero-order valence-corrected chi connectivity index (χ0v) is 14.7. The van der Waals surface area contributed by atoms with E-state index >= 15 is 0 Å². The van der Waals surface area contributed by atoms with Gasteiger partial charge in [-0.05, 0) is 49.7 Å². The highest BCUT2D eigenvalue weighted by atomic mass is 32.2. The quantitative estimate of drug-likeness (QED) is 0.801. The number of nitriles is 1. The summed E-state index contributed by atoms with van der Waals surface area (Å²) in [6, 6.07) is 14.1. The third-order valence-electron chi connectivity index (χ3n) is 3.20. The number of esters is 1. The SMILES string of the molecule is CC(C)NS(=O)(=O)c1cccc(C(=O)OCc2cccc(C#N)c2)c1. The van der Waals surface area contributed by atoms with Gasteiger partial charge in [0.05, 0.1) is 22.1 Å². The van der Waals surface area contributed by atoms with Crippen molar-refractivity contribution in [2.45, 2.75) is 31.4 Å². The normalized spacial score (nSPS) is 11.1. The third-order valence-corrected chi connectivity index (χ3v) is 4.85. The zero-order valence-electron chi connectivity index (χ0n) is 13.9. The lowest BCUT2D eigenvalue weighted by molar-refractivity contribution is 0.0472. The largest absolute Gasteiger partial charge is 0.457 e. The van der Waals surface area contributed by atoms with Crippen LogP contribution in [0, 0.1) is 11.3 Å². The van der Waals surface area contributed by atoms with Crippen LogP contribution in [0.5, 0.6) is 0 Å². The van der Waals surface area contributed by atoms with Gasteiger partial charge in [-0.2, -0.15) is 5.26 Å². The van der Waals surface area contributed by atoms with Crippen molar-refractivity contribution in [1.82, 2.24) is 4.72 Å². The molecule has 0 saturated heterocycles. The molecule has 0 amide bonds. The molecule has 7 heteroatoms.